The van der Waals surface area contributed by atoms with Crippen molar-refractivity contribution in [3.8, 4) is 11.5 Å². The van der Waals surface area contributed by atoms with Crippen LogP contribution >= 0.6 is 0 Å². The van der Waals surface area contributed by atoms with E-state index in [4.69, 9.17) is 9.47 Å². The first-order valence-electron chi connectivity index (χ1n) is 9.59. The van der Waals surface area contributed by atoms with Crippen molar-refractivity contribution in [2.75, 3.05) is 51.3 Å². The van der Waals surface area contributed by atoms with E-state index in [9.17, 15) is 9.59 Å². The van der Waals surface area contributed by atoms with Gasteiger partial charge in [0, 0.05) is 50.3 Å². The molecule has 3 heterocycles. The van der Waals surface area contributed by atoms with Gasteiger partial charge in [0.05, 0.1) is 13.1 Å². The minimum atomic E-state index is -0.567. The predicted octanol–water partition coefficient (Wildman–Crippen LogP) is 0.647. The maximum atomic E-state index is 12.2. The van der Waals surface area contributed by atoms with E-state index in [1.54, 1.807) is 24.4 Å². The molecule has 4 rings (SSSR count). The predicted molar refractivity (Wildman–Crippen MR) is 105 cm³/mol. The lowest BCUT2D eigenvalue weighted by Gasteiger charge is -2.33. The Hall–Kier alpha value is -3.11. The molecule has 1 saturated heterocycles. The third-order valence-electron chi connectivity index (χ3n) is 4.81. The molecule has 10 heteroatoms. The molecular formula is C19H24N6O4. The Balaban J connectivity index is 1.19. The lowest BCUT2D eigenvalue weighted by atomic mass is 10.2. The van der Waals surface area contributed by atoms with Gasteiger partial charge in [-0.1, -0.05) is 0 Å². The summed E-state index contributed by atoms with van der Waals surface area (Å²) in [5, 5.41) is 5.02. The number of H-pyrrole nitrogens is 1. The molecular weight excluding hydrogens is 376 g/mol. The van der Waals surface area contributed by atoms with Crippen LogP contribution < -0.4 is 20.1 Å². The van der Waals surface area contributed by atoms with Gasteiger partial charge >= 0.3 is 6.03 Å². The van der Waals surface area contributed by atoms with Crippen molar-refractivity contribution < 1.29 is 19.1 Å². The van der Waals surface area contributed by atoms with Crippen LogP contribution in [0.5, 0.6) is 11.5 Å². The highest BCUT2D eigenvalue weighted by molar-refractivity contribution is 6.01. The number of carbonyl (C=O) groups excluding carboxylic acids is 2. The third-order valence-corrected chi connectivity index (χ3v) is 4.81. The van der Waals surface area contributed by atoms with Crippen molar-refractivity contribution in [1.82, 2.24) is 25.1 Å². The number of nitrogens with zero attached hydrogens (tertiary/aromatic N) is 3. The van der Waals surface area contributed by atoms with Crippen LogP contribution in [-0.4, -0.2) is 77.6 Å². The molecule has 29 heavy (non-hydrogen) atoms. The Morgan fingerprint density at radius 3 is 2.59 bits per heavy atom. The van der Waals surface area contributed by atoms with Crippen LogP contribution in [-0.2, 0) is 11.3 Å². The zero-order chi connectivity index (χ0) is 20.1. The number of piperazine rings is 1. The van der Waals surface area contributed by atoms with E-state index in [1.807, 2.05) is 11.1 Å². The number of hydrogen-bond acceptors (Lipinski definition) is 7. The quantitative estimate of drug-likeness (QED) is 0.676. The van der Waals surface area contributed by atoms with Gasteiger partial charge in [-0.15, -0.1) is 0 Å². The number of urea groups is 1. The molecule has 0 saturated carbocycles. The Morgan fingerprint density at radius 1 is 1.07 bits per heavy atom. The average molecular weight is 400 g/mol. The number of hydrogen-bond donors (Lipinski definition) is 3. The number of imidazole rings is 1. The maximum absolute atomic E-state index is 12.2. The Labute approximate surface area is 168 Å². The number of fused-ring (bicyclic) bond motifs is 1. The molecule has 0 spiro atoms. The second kappa shape index (κ2) is 8.93. The smallest absolute Gasteiger partial charge is 0.325 e. The maximum Gasteiger partial charge on any atom is 0.325 e. The summed E-state index contributed by atoms with van der Waals surface area (Å²) in [6, 6.07) is 4.55. The van der Waals surface area contributed by atoms with Crippen LogP contribution in [0, 0.1) is 0 Å². The van der Waals surface area contributed by atoms with E-state index in [2.05, 4.69) is 25.5 Å². The first-order chi connectivity index (χ1) is 14.2. The van der Waals surface area contributed by atoms with E-state index in [0.717, 1.165) is 38.5 Å². The second-order valence-electron chi connectivity index (χ2n) is 6.95. The molecule has 1 aromatic carbocycles. The van der Waals surface area contributed by atoms with Gasteiger partial charge in [0.25, 0.3) is 0 Å². The molecule has 2 aliphatic rings. The second-order valence-corrected chi connectivity index (χ2v) is 6.95. The number of rotatable bonds is 5. The fourth-order valence-electron chi connectivity index (χ4n) is 3.35. The number of carbonyl (C=O) groups is 2. The number of benzene rings is 1. The summed E-state index contributed by atoms with van der Waals surface area (Å²) < 4.78 is 10.9. The number of anilines is 1. The molecule has 2 aliphatic heterocycles. The van der Waals surface area contributed by atoms with Gasteiger partial charge in [0.15, 0.2) is 11.5 Å². The number of ether oxygens (including phenoxy) is 2. The Morgan fingerprint density at radius 2 is 1.83 bits per heavy atom. The van der Waals surface area contributed by atoms with E-state index in [0.29, 0.717) is 30.4 Å². The van der Waals surface area contributed by atoms with Gasteiger partial charge in [-0.25, -0.2) is 9.78 Å². The molecule has 0 bridgehead atoms. The molecule has 1 fully saturated rings. The van der Waals surface area contributed by atoms with Crippen molar-refractivity contribution in [2.24, 2.45) is 0 Å². The summed E-state index contributed by atoms with van der Waals surface area (Å²) in [7, 11) is 0. The van der Waals surface area contributed by atoms with Crippen LogP contribution in [0.3, 0.4) is 0 Å². The van der Waals surface area contributed by atoms with Gasteiger partial charge in [0.2, 0.25) is 5.91 Å². The van der Waals surface area contributed by atoms with Crippen LogP contribution in [0.1, 0.15) is 5.82 Å². The van der Waals surface area contributed by atoms with Gasteiger partial charge < -0.3 is 19.8 Å². The molecule has 154 valence electrons. The van der Waals surface area contributed by atoms with Gasteiger partial charge in [0.1, 0.15) is 19.0 Å². The van der Waals surface area contributed by atoms with E-state index >= 15 is 0 Å². The third kappa shape index (κ3) is 5.24. The molecule has 0 aliphatic carbocycles. The van der Waals surface area contributed by atoms with Crippen molar-refractivity contribution in [2.45, 2.75) is 6.54 Å². The first-order valence-corrected chi connectivity index (χ1v) is 9.59. The van der Waals surface area contributed by atoms with Gasteiger partial charge in [-0.3, -0.25) is 19.9 Å². The lowest BCUT2D eigenvalue weighted by Crippen LogP contribution is -2.50. The molecule has 10 nitrogen and oxygen atoms in total. The van der Waals surface area contributed by atoms with Gasteiger partial charge in [-0.05, 0) is 12.1 Å². The van der Waals surface area contributed by atoms with E-state index < -0.39 is 6.03 Å². The highest BCUT2D eigenvalue weighted by Gasteiger charge is 2.20. The number of imide groups is 1. The van der Waals surface area contributed by atoms with Crippen LogP contribution in [0.25, 0.3) is 0 Å². The van der Waals surface area contributed by atoms with Crippen molar-refractivity contribution in [3.63, 3.8) is 0 Å². The van der Waals surface area contributed by atoms with Crippen LogP contribution in [0.15, 0.2) is 30.6 Å². The molecule has 1 aromatic heterocycles. The molecule has 0 atom stereocenters. The van der Waals surface area contributed by atoms with E-state index in [1.165, 1.54) is 0 Å². The largest absolute Gasteiger partial charge is 0.486 e. The zero-order valence-corrected chi connectivity index (χ0v) is 16.0. The Kier molecular flexibility index (Phi) is 5.92. The monoisotopic (exact) mass is 400 g/mol. The minimum absolute atomic E-state index is 0.184. The molecule has 0 radical (unpaired) electrons. The number of nitrogens with one attached hydrogen (secondary N) is 3. The van der Waals surface area contributed by atoms with Crippen LogP contribution in [0.4, 0.5) is 10.5 Å². The fourth-order valence-corrected chi connectivity index (χ4v) is 3.35. The summed E-state index contributed by atoms with van der Waals surface area (Å²) in [4.78, 5) is 35.9. The normalized spacial score (nSPS) is 17.0. The summed E-state index contributed by atoms with van der Waals surface area (Å²) >= 11 is 0. The lowest BCUT2D eigenvalue weighted by molar-refractivity contribution is -0.121. The summed E-state index contributed by atoms with van der Waals surface area (Å²) in [6.07, 6.45) is 3.55. The first kappa shape index (κ1) is 19.2. The number of amides is 3. The molecule has 0 unspecified atom stereocenters. The van der Waals surface area contributed by atoms with Crippen molar-refractivity contribution in [3.05, 3.63) is 36.4 Å². The highest BCUT2D eigenvalue weighted by atomic mass is 16.6. The summed E-state index contributed by atoms with van der Waals surface area (Å²) in [5.41, 5.74) is 0.533. The minimum Gasteiger partial charge on any atom is -0.486 e. The topological polar surface area (TPSA) is 112 Å². The average Bonchev–Trinajstić information content (AvgIpc) is 3.22. The van der Waals surface area contributed by atoms with Gasteiger partial charge in [-0.2, -0.15) is 0 Å². The standard InChI is InChI=1S/C19H24N6O4/c26-18(13-25-7-5-24(6-8-25)12-17-20-3-4-21-17)23-19(27)22-14-1-2-15-16(11-14)29-10-9-28-15/h1-4,11H,5-10,12-13H2,(H,20,21)(H2,22,23,26,27). The molecule has 2 aromatic rings. The molecule has 3 amide bonds. The Bertz CT molecular complexity index is 848. The number of aromatic amines is 1. The number of aromatic nitrogens is 2. The summed E-state index contributed by atoms with van der Waals surface area (Å²) in [6.45, 7) is 5.14. The SMILES string of the molecule is O=C(CN1CCN(Cc2ncc[nH]2)CC1)NC(=O)Nc1ccc2c(c1)OCCO2. The zero-order valence-electron chi connectivity index (χ0n) is 16.0. The van der Waals surface area contributed by atoms with Crippen molar-refractivity contribution in [1.29, 1.82) is 0 Å². The fraction of sp³-hybridized carbons (Fsp3) is 0.421. The highest BCUT2D eigenvalue weighted by Crippen LogP contribution is 2.32. The van der Waals surface area contributed by atoms with Crippen LogP contribution in [0.2, 0.25) is 0 Å². The molecule has 3 N–H and O–H groups in total. The van der Waals surface area contributed by atoms with Crippen molar-refractivity contribution >= 4 is 17.6 Å². The van der Waals surface area contributed by atoms with E-state index in [-0.39, 0.29) is 12.5 Å². The summed E-state index contributed by atoms with van der Waals surface area (Å²) in [5.74, 6) is 1.82.